The minimum Gasteiger partial charge on any atom is -0.232 e. The lowest BCUT2D eigenvalue weighted by Gasteiger charge is -2.00. The van der Waals surface area contributed by atoms with Crippen molar-refractivity contribution in [2.75, 3.05) is 0 Å². The van der Waals surface area contributed by atoms with Gasteiger partial charge in [-0.1, -0.05) is 31.2 Å². The summed E-state index contributed by atoms with van der Waals surface area (Å²) < 4.78 is 20.9. The Labute approximate surface area is 80.5 Å². The Morgan fingerprint density at radius 1 is 1.23 bits per heavy atom. The molecule has 0 N–H and O–H groups in total. The molecular weight excluding hydrogens is 184 g/mol. The maximum absolute atomic E-state index is 10.5. The molecule has 0 saturated carbocycles. The standard InChI is InChI=1S/C10H13O2S/c1-2-4-9-5-3-6-10(7-9)8-13(11)12/h3,5-7,13H,1-2,4,8H2. The number of hydrogen-bond donors (Lipinski definition) is 1. The molecule has 0 aliphatic rings. The first-order valence-electron chi connectivity index (χ1n) is 4.21. The second-order valence-corrected chi connectivity index (χ2v) is 3.90. The van der Waals surface area contributed by atoms with Gasteiger partial charge in [0, 0.05) is 0 Å². The summed E-state index contributed by atoms with van der Waals surface area (Å²) in [6, 6.07) is 7.64. The first-order valence-corrected chi connectivity index (χ1v) is 5.57. The fourth-order valence-corrected chi connectivity index (χ4v) is 1.73. The molecule has 0 spiro atoms. The van der Waals surface area contributed by atoms with E-state index >= 15 is 0 Å². The van der Waals surface area contributed by atoms with Gasteiger partial charge in [0.1, 0.15) is 10.7 Å². The molecule has 71 valence electrons. The van der Waals surface area contributed by atoms with Crippen molar-refractivity contribution >= 4 is 10.7 Å². The quantitative estimate of drug-likeness (QED) is 0.743. The first kappa shape index (κ1) is 10.3. The van der Waals surface area contributed by atoms with Crippen molar-refractivity contribution in [3.8, 4) is 0 Å². The number of thiol groups is 1. The van der Waals surface area contributed by atoms with E-state index in [9.17, 15) is 8.42 Å². The monoisotopic (exact) mass is 197 g/mol. The van der Waals surface area contributed by atoms with Crippen LogP contribution in [-0.2, 0) is 22.9 Å². The molecule has 0 saturated heterocycles. The number of aryl methyl sites for hydroxylation is 1. The lowest BCUT2D eigenvalue weighted by molar-refractivity contribution is 0.614. The predicted molar refractivity (Wildman–Crippen MR) is 54.1 cm³/mol. The van der Waals surface area contributed by atoms with Crippen molar-refractivity contribution < 1.29 is 8.42 Å². The van der Waals surface area contributed by atoms with Crippen LogP contribution in [0.2, 0.25) is 0 Å². The van der Waals surface area contributed by atoms with Gasteiger partial charge in [-0.05, 0) is 24.0 Å². The molecule has 1 radical (unpaired) electrons. The molecule has 0 fully saturated rings. The highest BCUT2D eigenvalue weighted by Gasteiger charge is 1.96. The topological polar surface area (TPSA) is 34.1 Å². The summed E-state index contributed by atoms with van der Waals surface area (Å²) >= 11 is 0. The van der Waals surface area contributed by atoms with Crippen LogP contribution in [0.15, 0.2) is 24.3 Å². The van der Waals surface area contributed by atoms with E-state index in [0.29, 0.717) is 0 Å². The fraction of sp³-hybridized carbons (Fsp3) is 0.300. The van der Waals surface area contributed by atoms with Crippen LogP contribution in [0.25, 0.3) is 0 Å². The average molecular weight is 197 g/mol. The molecule has 13 heavy (non-hydrogen) atoms. The molecule has 0 aromatic heterocycles. The van der Waals surface area contributed by atoms with Crippen molar-refractivity contribution in [3.05, 3.63) is 42.3 Å². The maximum Gasteiger partial charge on any atom is 0.144 e. The molecule has 0 amide bonds. The third-order valence-electron chi connectivity index (χ3n) is 1.77. The van der Waals surface area contributed by atoms with E-state index in [1.165, 1.54) is 0 Å². The Kier molecular flexibility index (Phi) is 3.96. The van der Waals surface area contributed by atoms with Crippen LogP contribution in [0.3, 0.4) is 0 Å². The smallest absolute Gasteiger partial charge is 0.144 e. The largest absolute Gasteiger partial charge is 0.232 e. The van der Waals surface area contributed by atoms with E-state index in [-0.39, 0.29) is 5.75 Å². The highest BCUT2D eigenvalue weighted by Crippen LogP contribution is 2.08. The van der Waals surface area contributed by atoms with Gasteiger partial charge in [0.05, 0.1) is 5.75 Å². The molecule has 1 aromatic carbocycles. The van der Waals surface area contributed by atoms with Crippen LogP contribution in [0, 0.1) is 6.92 Å². The Balaban J connectivity index is 2.78. The van der Waals surface area contributed by atoms with Gasteiger partial charge >= 0.3 is 0 Å². The Morgan fingerprint density at radius 2 is 1.92 bits per heavy atom. The van der Waals surface area contributed by atoms with Crippen LogP contribution in [0.1, 0.15) is 17.5 Å². The minimum absolute atomic E-state index is 0.139. The summed E-state index contributed by atoms with van der Waals surface area (Å²) in [6.45, 7) is 3.75. The lowest BCUT2D eigenvalue weighted by atomic mass is 10.1. The van der Waals surface area contributed by atoms with Crippen LogP contribution in [-0.4, -0.2) is 8.42 Å². The summed E-state index contributed by atoms with van der Waals surface area (Å²) in [6.07, 6.45) is 1.75. The summed E-state index contributed by atoms with van der Waals surface area (Å²) in [7, 11) is -2.31. The zero-order valence-corrected chi connectivity index (χ0v) is 8.30. The zero-order chi connectivity index (χ0) is 9.68. The van der Waals surface area contributed by atoms with Crippen molar-refractivity contribution in [2.45, 2.75) is 18.6 Å². The Bertz CT molecular complexity index is 335. The summed E-state index contributed by atoms with van der Waals surface area (Å²) in [5.41, 5.74) is 2.02. The van der Waals surface area contributed by atoms with Crippen molar-refractivity contribution in [1.29, 1.82) is 0 Å². The molecule has 0 heterocycles. The molecule has 0 bridgehead atoms. The molecule has 0 unspecified atom stereocenters. The van der Waals surface area contributed by atoms with Crippen molar-refractivity contribution in [1.82, 2.24) is 0 Å². The van der Waals surface area contributed by atoms with Gasteiger partial charge in [-0.2, -0.15) is 0 Å². The molecule has 0 aliphatic carbocycles. The average Bonchev–Trinajstić information content (AvgIpc) is 2.04. The van der Waals surface area contributed by atoms with Crippen molar-refractivity contribution in [2.24, 2.45) is 0 Å². The van der Waals surface area contributed by atoms with Crippen molar-refractivity contribution in [3.63, 3.8) is 0 Å². The van der Waals surface area contributed by atoms with Crippen LogP contribution < -0.4 is 0 Å². The highest BCUT2D eigenvalue weighted by molar-refractivity contribution is 7.71. The van der Waals surface area contributed by atoms with E-state index < -0.39 is 10.7 Å². The Morgan fingerprint density at radius 3 is 2.54 bits per heavy atom. The van der Waals surface area contributed by atoms with Gasteiger partial charge in [0.15, 0.2) is 0 Å². The molecular formula is C10H13O2S. The van der Waals surface area contributed by atoms with Gasteiger partial charge in [-0.3, -0.25) is 0 Å². The molecule has 1 rings (SSSR count). The summed E-state index contributed by atoms with van der Waals surface area (Å²) in [5.74, 6) is 0.139. The summed E-state index contributed by atoms with van der Waals surface area (Å²) in [4.78, 5) is 0. The predicted octanol–water partition coefficient (Wildman–Crippen LogP) is 1.56. The molecule has 1 aromatic rings. The third-order valence-corrected chi connectivity index (χ3v) is 2.39. The lowest BCUT2D eigenvalue weighted by Crippen LogP contribution is -1.89. The Hall–Kier alpha value is -0.830. The molecule has 0 atom stereocenters. The molecule has 0 aliphatic heterocycles. The molecule has 3 heteroatoms. The van der Waals surface area contributed by atoms with Crippen LogP contribution in [0.4, 0.5) is 0 Å². The SMILES string of the molecule is [CH2]CCc1cccc(C[SH](=O)=O)c1. The number of benzene rings is 1. The van der Waals surface area contributed by atoms with Crippen LogP contribution in [0.5, 0.6) is 0 Å². The third kappa shape index (κ3) is 3.59. The number of hydrogen-bond acceptors (Lipinski definition) is 2. The second kappa shape index (κ2) is 5.02. The van der Waals surface area contributed by atoms with Gasteiger partial charge in [-0.15, -0.1) is 0 Å². The van der Waals surface area contributed by atoms with E-state index in [0.717, 1.165) is 24.0 Å². The zero-order valence-electron chi connectivity index (χ0n) is 7.40. The first-order chi connectivity index (χ1) is 6.22. The fourth-order valence-electron chi connectivity index (χ4n) is 1.24. The second-order valence-electron chi connectivity index (χ2n) is 2.91. The van der Waals surface area contributed by atoms with Crippen LogP contribution >= 0.6 is 0 Å². The normalized spacial score (nSPS) is 10.6. The maximum atomic E-state index is 10.5. The minimum atomic E-state index is -2.31. The van der Waals surface area contributed by atoms with Gasteiger partial charge in [-0.25, -0.2) is 8.42 Å². The van der Waals surface area contributed by atoms with Gasteiger partial charge < -0.3 is 0 Å². The van der Waals surface area contributed by atoms with Gasteiger partial charge in [0.25, 0.3) is 0 Å². The van der Waals surface area contributed by atoms with E-state index in [1.807, 2.05) is 24.3 Å². The van der Waals surface area contributed by atoms with Gasteiger partial charge in [0.2, 0.25) is 0 Å². The van der Waals surface area contributed by atoms with E-state index in [4.69, 9.17) is 0 Å². The summed E-state index contributed by atoms with van der Waals surface area (Å²) in [5, 5.41) is 0. The van der Waals surface area contributed by atoms with E-state index in [1.54, 1.807) is 0 Å². The van der Waals surface area contributed by atoms with E-state index in [2.05, 4.69) is 6.92 Å². The highest BCUT2D eigenvalue weighted by atomic mass is 32.2. The number of rotatable bonds is 4. The molecule has 2 nitrogen and oxygen atoms in total.